The smallest absolute Gasteiger partial charge is 0.242 e. The molecule has 0 radical (unpaired) electrons. The van der Waals surface area contributed by atoms with Crippen molar-refractivity contribution in [2.24, 2.45) is 0 Å². The molecule has 108 valence electrons. The Labute approximate surface area is 131 Å². The van der Waals surface area contributed by atoms with Crippen molar-refractivity contribution in [3.63, 3.8) is 0 Å². The van der Waals surface area contributed by atoms with Gasteiger partial charge in [0.15, 0.2) is 5.65 Å². The van der Waals surface area contributed by atoms with Crippen molar-refractivity contribution in [2.75, 3.05) is 13.6 Å². The number of alkyl halides is 1. The van der Waals surface area contributed by atoms with Crippen LogP contribution in [-0.2, 0) is 11.3 Å². The summed E-state index contributed by atoms with van der Waals surface area (Å²) >= 11 is 9.54. The lowest BCUT2D eigenvalue weighted by Gasteiger charge is -2.16. The summed E-state index contributed by atoms with van der Waals surface area (Å²) in [4.78, 5) is 22.6. The highest BCUT2D eigenvalue weighted by atomic mass is 79.9. The number of amides is 1. The first kappa shape index (κ1) is 15.3. The van der Waals surface area contributed by atoms with Crippen molar-refractivity contribution in [2.45, 2.75) is 25.8 Å². The van der Waals surface area contributed by atoms with Crippen molar-refractivity contribution in [1.82, 2.24) is 19.4 Å². The molecule has 2 aromatic heterocycles. The lowest BCUT2D eigenvalue weighted by atomic mass is 10.4. The highest BCUT2D eigenvalue weighted by Crippen LogP contribution is 2.25. The number of hydrogen-bond acceptors (Lipinski definition) is 3. The molecule has 0 N–H and O–H groups in total. The molecule has 0 aromatic carbocycles. The maximum absolute atomic E-state index is 12.1. The largest absolute Gasteiger partial charge is 0.344 e. The summed E-state index contributed by atoms with van der Waals surface area (Å²) in [7, 11) is 1.77. The van der Waals surface area contributed by atoms with Gasteiger partial charge < -0.3 is 9.47 Å². The van der Waals surface area contributed by atoms with Gasteiger partial charge in [0.1, 0.15) is 17.9 Å². The van der Waals surface area contributed by atoms with Crippen LogP contribution in [0.5, 0.6) is 0 Å². The number of nitrogens with zero attached hydrogens (tertiary/aromatic N) is 4. The van der Waals surface area contributed by atoms with Crippen molar-refractivity contribution < 1.29 is 4.79 Å². The van der Waals surface area contributed by atoms with Crippen LogP contribution in [0, 0.1) is 0 Å². The molecule has 0 spiro atoms. The molecule has 0 aliphatic carbocycles. The zero-order chi connectivity index (χ0) is 14.9. The van der Waals surface area contributed by atoms with Crippen molar-refractivity contribution in [3.05, 3.63) is 22.6 Å². The van der Waals surface area contributed by atoms with Crippen molar-refractivity contribution >= 4 is 44.6 Å². The van der Waals surface area contributed by atoms with Crippen LogP contribution in [0.2, 0.25) is 0 Å². The van der Waals surface area contributed by atoms with Gasteiger partial charge in [-0.05, 0) is 35.8 Å². The topological polar surface area (TPSA) is 51.0 Å². The van der Waals surface area contributed by atoms with Gasteiger partial charge in [0.2, 0.25) is 5.91 Å². The van der Waals surface area contributed by atoms with E-state index in [0.29, 0.717) is 18.0 Å². The van der Waals surface area contributed by atoms with E-state index in [0.717, 1.165) is 9.99 Å². The Morgan fingerprint density at radius 3 is 2.90 bits per heavy atom. The molecular formula is C13H16BrClN4O. The number of hydrogen-bond donors (Lipinski definition) is 0. The monoisotopic (exact) mass is 358 g/mol. The summed E-state index contributed by atoms with van der Waals surface area (Å²) in [5, 5.41) is -0.289. The van der Waals surface area contributed by atoms with Crippen LogP contribution < -0.4 is 0 Å². The standard InChI is InChI=1S/C13H16BrClN4O/c1-4-18(3)11(20)7-19-12(8(2)15)17-10-5-9(14)6-16-13(10)19/h5-6,8H,4,7H2,1-3H3. The summed E-state index contributed by atoms with van der Waals surface area (Å²) < 4.78 is 2.63. The van der Waals surface area contributed by atoms with Crippen LogP contribution in [-0.4, -0.2) is 38.9 Å². The van der Waals surface area contributed by atoms with E-state index in [9.17, 15) is 4.79 Å². The Morgan fingerprint density at radius 1 is 1.60 bits per heavy atom. The molecule has 2 aromatic rings. The minimum Gasteiger partial charge on any atom is -0.344 e. The third kappa shape index (κ3) is 2.96. The highest BCUT2D eigenvalue weighted by Gasteiger charge is 2.19. The second kappa shape index (κ2) is 6.10. The lowest BCUT2D eigenvalue weighted by Crippen LogP contribution is -2.30. The Hall–Kier alpha value is -1.14. The maximum Gasteiger partial charge on any atom is 0.242 e. The second-order valence-electron chi connectivity index (χ2n) is 4.58. The third-order valence-electron chi connectivity index (χ3n) is 3.13. The quantitative estimate of drug-likeness (QED) is 0.789. The van der Waals surface area contributed by atoms with E-state index in [2.05, 4.69) is 25.9 Å². The van der Waals surface area contributed by atoms with E-state index in [4.69, 9.17) is 11.6 Å². The fourth-order valence-electron chi connectivity index (χ4n) is 1.90. The van der Waals surface area contributed by atoms with Gasteiger partial charge in [-0.15, -0.1) is 11.6 Å². The summed E-state index contributed by atoms with van der Waals surface area (Å²) in [6, 6.07) is 1.87. The highest BCUT2D eigenvalue weighted by molar-refractivity contribution is 9.10. The number of halogens is 2. The fraction of sp³-hybridized carbons (Fsp3) is 0.462. The summed E-state index contributed by atoms with van der Waals surface area (Å²) in [5.41, 5.74) is 1.40. The number of rotatable bonds is 4. The van der Waals surface area contributed by atoms with Crippen LogP contribution >= 0.6 is 27.5 Å². The molecule has 0 aliphatic heterocycles. The summed E-state index contributed by atoms with van der Waals surface area (Å²) in [6.07, 6.45) is 1.69. The zero-order valence-electron chi connectivity index (χ0n) is 11.6. The van der Waals surface area contributed by atoms with E-state index in [-0.39, 0.29) is 17.8 Å². The molecule has 0 saturated carbocycles. The average Bonchev–Trinajstić information content (AvgIpc) is 2.75. The molecule has 1 atom stereocenters. The second-order valence-corrected chi connectivity index (χ2v) is 6.15. The molecule has 0 saturated heterocycles. The molecule has 1 amide bonds. The lowest BCUT2D eigenvalue weighted by molar-refractivity contribution is -0.130. The number of aromatic nitrogens is 3. The van der Waals surface area contributed by atoms with Gasteiger partial charge in [0.25, 0.3) is 0 Å². The number of carbonyl (C=O) groups is 1. The van der Waals surface area contributed by atoms with Gasteiger partial charge in [-0.25, -0.2) is 9.97 Å². The number of imidazole rings is 1. The summed E-state index contributed by atoms with van der Waals surface area (Å²) in [5.74, 6) is 0.667. The maximum atomic E-state index is 12.1. The average molecular weight is 360 g/mol. The van der Waals surface area contributed by atoms with Crippen LogP contribution in [0.1, 0.15) is 25.0 Å². The van der Waals surface area contributed by atoms with E-state index in [1.54, 1.807) is 22.7 Å². The van der Waals surface area contributed by atoms with Crippen LogP contribution in [0.3, 0.4) is 0 Å². The Balaban J connectivity index is 2.49. The van der Waals surface area contributed by atoms with Gasteiger partial charge in [-0.3, -0.25) is 4.79 Å². The molecular weight excluding hydrogens is 344 g/mol. The SMILES string of the molecule is CCN(C)C(=O)Cn1c(C(C)Cl)nc2cc(Br)cnc21. The Morgan fingerprint density at radius 2 is 2.30 bits per heavy atom. The van der Waals surface area contributed by atoms with E-state index in [1.165, 1.54) is 0 Å². The molecule has 5 nitrogen and oxygen atoms in total. The molecule has 0 fully saturated rings. The predicted molar refractivity (Wildman–Crippen MR) is 82.8 cm³/mol. The first-order chi connectivity index (χ1) is 9.43. The molecule has 7 heteroatoms. The Kier molecular flexibility index (Phi) is 4.65. The van der Waals surface area contributed by atoms with Crippen LogP contribution in [0.15, 0.2) is 16.7 Å². The van der Waals surface area contributed by atoms with Crippen LogP contribution in [0.25, 0.3) is 11.2 Å². The third-order valence-corrected chi connectivity index (χ3v) is 3.76. The van der Waals surface area contributed by atoms with Gasteiger partial charge in [-0.2, -0.15) is 0 Å². The first-order valence-electron chi connectivity index (χ1n) is 6.33. The van der Waals surface area contributed by atoms with Gasteiger partial charge in [0.05, 0.1) is 5.38 Å². The predicted octanol–water partition coefficient (Wildman–Crippen LogP) is 2.97. The number of fused-ring (bicyclic) bond motifs is 1. The fourth-order valence-corrected chi connectivity index (χ4v) is 2.38. The molecule has 2 heterocycles. The Bertz CT molecular complexity index is 641. The van der Waals surface area contributed by atoms with Crippen LogP contribution in [0.4, 0.5) is 0 Å². The van der Waals surface area contributed by atoms with Gasteiger partial charge >= 0.3 is 0 Å². The molecule has 1 unspecified atom stereocenters. The minimum absolute atomic E-state index is 0.00934. The molecule has 20 heavy (non-hydrogen) atoms. The number of carbonyl (C=O) groups excluding carboxylic acids is 1. The molecule has 0 bridgehead atoms. The van der Waals surface area contributed by atoms with Gasteiger partial charge in [-0.1, -0.05) is 0 Å². The first-order valence-corrected chi connectivity index (χ1v) is 7.56. The zero-order valence-corrected chi connectivity index (χ0v) is 13.9. The number of pyridine rings is 1. The summed E-state index contributed by atoms with van der Waals surface area (Å²) in [6.45, 7) is 4.63. The van der Waals surface area contributed by atoms with Crippen molar-refractivity contribution in [3.8, 4) is 0 Å². The number of likely N-dealkylation sites (N-methyl/N-ethyl adjacent to an activating group) is 1. The van der Waals surface area contributed by atoms with E-state index >= 15 is 0 Å². The van der Waals surface area contributed by atoms with Gasteiger partial charge in [0, 0.05) is 24.3 Å². The normalized spacial score (nSPS) is 12.7. The molecule has 2 rings (SSSR count). The van der Waals surface area contributed by atoms with E-state index < -0.39 is 0 Å². The molecule has 0 aliphatic rings. The van der Waals surface area contributed by atoms with E-state index in [1.807, 2.05) is 19.9 Å². The minimum atomic E-state index is -0.289. The van der Waals surface area contributed by atoms with Crippen molar-refractivity contribution in [1.29, 1.82) is 0 Å².